The molecule has 15 rings (SSSR count). The van der Waals surface area contributed by atoms with Gasteiger partial charge in [-0.3, -0.25) is 0 Å². The van der Waals surface area contributed by atoms with Crippen LogP contribution in [0.15, 0.2) is 158 Å². The van der Waals surface area contributed by atoms with Crippen molar-refractivity contribution in [3.63, 3.8) is 0 Å². The van der Waals surface area contributed by atoms with E-state index in [0.717, 1.165) is 97.3 Å². The molecule has 0 spiro atoms. The molecule has 4 nitrogen and oxygen atoms in total. The maximum Gasteiger partial charge on any atom is 0.0998 e. The highest BCUT2D eigenvalue weighted by Gasteiger charge is 2.30. The molecule has 4 heteroatoms. The number of rotatable bonds is 2. The molecule has 0 aliphatic heterocycles. The van der Waals surface area contributed by atoms with E-state index in [-0.39, 0.29) is 0 Å². The standard InChI is InChI=1S/C62H26N4/c63-27-31-12-14-33(29-65)49(24-31)59-52-26-51-38-9-4-3-8-37(38)39-10-5-11-46(53(39)51)58(52)62(50-25-32(28-64)13-15-34(50)30-66)61-48-23-21-45-43-19-17-41-36-7-2-1-6-35(36)40-16-18-42(55(43)54(40)41)44-20-22-47(60(59)61)57(48)56(44)45/h1-26H. The molecule has 0 aromatic heterocycles. The first-order valence-electron chi connectivity index (χ1n) is 22.0. The van der Waals surface area contributed by atoms with Crippen LogP contribution in [0.4, 0.5) is 0 Å². The van der Waals surface area contributed by atoms with Gasteiger partial charge in [-0.15, -0.1) is 0 Å². The van der Waals surface area contributed by atoms with Crippen molar-refractivity contribution in [2.45, 2.75) is 0 Å². The summed E-state index contributed by atoms with van der Waals surface area (Å²) in [7, 11) is 0. The summed E-state index contributed by atoms with van der Waals surface area (Å²) in [6, 6.07) is 64.7. The Morgan fingerprint density at radius 3 is 1.27 bits per heavy atom. The second-order valence-corrected chi connectivity index (χ2v) is 17.8. The molecule has 1 aliphatic rings. The molecule has 0 fully saturated rings. The van der Waals surface area contributed by atoms with Crippen LogP contribution in [0.5, 0.6) is 0 Å². The van der Waals surface area contributed by atoms with E-state index in [1.807, 2.05) is 12.1 Å². The molecule has 0 radical (unpaired) electrons. The van der Waals surface area contributed by atoms with E-state index in [4.69, 9.17) is 0 Å². The Morgan fingerprint density at radius 2 is 0.682 bits per heavy atom. The number of benzene rings is 12. The van der Waals surface area contributed by atoms with Gasteiger partial charge in [0.1, 0.15) is 0 Å². The number of hydrogen-bond acceptors (Lipinski definition) is 4. The van der Waals surface area contributed by atoms with Crippen LogP contribution >= 0.6 is 0 Å². The second-order valence-electron chi connectivity index (χ2n) is 17.8. The molecule has 0 atom stereocenters. The maximum atomic E-state index is 11.0. The SMILES string of the molecule is N#Cc1ccc(C#N)c(-c2c3cc4c5ccccc5c5cccc(c3c(-c3cc(C#N)ccc3C#N)c3c6ccc7c8ccc9c%10c(ccc(c%11ccc(c23)c6c%117)c%108)=c2ccccc2=9)c54)c1. The molecule has 0 bridgehead atoms. The number of fused-ring (bicyclic) bond motifs is 11. The highest BCUT2D eigenvalue weighted by atomic mass is 14.3. The smallest absolute Gasteiger partial charge is 0.0998 e. The van der Waals surface area contributed by atoms with Gasteiger partial charge in [-0.05, 0) is 177 Å². The van der Waals surface area contributed by atoms with Crippen molar-refractivity contribution in [1.82, 2.24) is 0 Å². The van der Waals surface area contributed by atoms with Crippen molar-refractivity contribution in [1.29, 1.82) is 21.0 Å². The molecule has 66 heavy (non-hydrogen) atoms. The highest BCUT2D eigenvalue weighted by molar-refractivity contribution is 6.48. The third-order valence-electron chi connectivity index (χ3n) is 15.0. The minimum atomic E-state index is 0.456. The van der Waals surface area contributed by atoms with E-state index in [9.17, 15) is 21.0 Å². The lowest BCUT2D eigenvalue weighted by atomic mass is 9.81. The second kappa shape index (κ2) is 12.1. The van der Waals surface area contributed by atoms with E-state index in [0.29, 0.717) is 33.4 Å². The molecule has 14 aromatic carbocycles. The molecule has 1 aliphatic carbocycles. The monoisotopic (exact) mass is 826 g/mol. The summed E-state index contributed by atoms with van der Waals surface area (Å²) in [6.07, 6.45) is 0. The normalized spacial score (nSPS) is 12.2. The fourth-order valence-electron chi connectivity index (χ4n) is 12.5. The topological polar surface area (TPSA) is 95.2 Å². The van der Waals surface area contributed by atoms with Crippen LogP contribution in [0.3, 0.4) is 0 Å². The lowest BCUT2D eigenvalue weighted by Gasteiger charge is -2.20. The van der Waals surface area contributed by atoms with Crippen LogP contribution in [0, 0.1) is 66.2 Å². The fraction of sp³-hybridized carbons (Fsp3) is 0. The summed E-state index contributed by atoms with van der Waals surface area (Å²) in [5.41, 5.74) is 4.93. The Bertz CT molecular complexity index is 4940. The summed E-state index contributed by atoms with van der Waals surface area (Å²) in [5.74, 6) is 0. The van der Waals surface area contributed by atoms with Crippen molar-refractivity contribution >= 4 is 108 Å². The van der Waals surface area contributed by atoms with Gasteiger partial charge < -0.3 is 0 Å². The third kappa shape index (κ3) is 4.03. The van der Waals surface area contributed by atoms with Crippen LogP contribution in [0.1, 0.15) is 22.3 Å². The molecule has 0 amide bonds. The Morgan fingerprint density at radius 1 is 0.242 bits per heavy atom. The van der Waals surface area contributed by atoms with Crippen molar-refractivity contribution in [2.75, 3.05) is 0 Å². The largest absolute Gasteiger partial charge is 0.192 e. The first-order chi connectivity index (χ1) is 32.6. The predicted octanol–water partition coefficient (Wildman–Crippen LogP) is 15.2. The average Bonchev–Trinajstić information content (AvgIpc) is 4.01. The fourth-order valence-corrected chi connectivity index (χ4v) is 12.5. The minimum absolute atomic E-state index is 0.456. The highest BCUT2D eigenvalue weighted by Crippen LogP contribution is 2.57. The molecule has 0 heterocycles. The predicted molar refractivity (Wildman–Crippen MR) is 267 cm³/mol. The Kier molecular flexibility index (Phi) is 6.41. The zero-order chi connectivity index (χ0) is 43.7. The summed E-state index contributed by atoms with van der Waals surface area (Å²) in [6.45, 7) is 0. The molecule has 294 valence electrons. The molecular formula is C62H26N4. The Labute approximate surface area is 374 Å². The molecule has 14 aromatic rings. The zero-order valence-electron chi connectivity index (χ0n) is 34.8. The molecule has 0 N–H and O–H groups in total. The third-order valence-corrected chi connectivity index (χ3v) is 15.0. The average molecular weight is 827 g/mol. The number of nitrogens with zero attached hydrogens (tertiary/aromatic N) is 4. The van der Waals surface area contributed by atoms with E-state index in [1.54, 1.807) is 24.3 Å². The Balaban J connectivity index is 1.26. The van der Waals surface area contributed by atoms with Gasteiger partial charge in [-0.25, -0.2) is 0 Å². The van der Waals surface area contributed by atoms with Crippen molar-refractivity contribution in [2.24, 2.45) is 0 Å². The van der Waals surface area contributed by atoms with Crippen molar-refractivity contribution in [3.05, 3.63) is 201 Å². The molecular weight excluding hydrogens is 801 g/mol. The van der Waals surface area contributed by atoms with Gasteiger partial charge >= 0.3 is 0 Å². The quantitative estimate of drug-likeness (QED) is 0.128. The first-order valence-corrected chi connectivity index (χ1v) is 22.0. The zero-order valence-corrected chi connectivity index (χ0v) is 34.8. The lowest BCUT2D eigenvalue weighted by molar-refractivity contribution is 1.45. The Hall–Kier alpha value is -9.58. The molecule has 0 saturated heterocycles. The van der Waals surface area contributed by atoms with Crippen LogP contribution in [-0.4, -0.2) is 0 Å². The maximum absolute atomic E-state index is 11.0. The number of nitriles is 4. The summed E-state index contributed by atoms with van der Waals surface area (Å²) in [5, 5.41) is 69.8. The van der Waals surface area contributed by atoms with E-state index in [2.05, 4.69) is 146 Å². The summed E-state index contributed by atoms with van der Waals surface area (Å²) >= 11 is 0. The van der Waals surface area contributed by atoms with Crippen molar-refractivity contribution < 1.29 is 0 Å². The molecule has 0 unspecified atom stereocenters. The lowest BCUT2D eigenvalue weighted by Crippen LogP contribution is -1.95. The van der Waals surface area contributed by atoms with E-state index in [1.165, 1.54) is 42.4 Å². The molecule has 0 saturated carbocycles. The van der Waals surface area contributed by atoms with Gasteiger partial charge in [0, 0.05) is 16.7 Å². The first kappa shape index (κ1) is 34.9. The van der Waals surface area contributed by atoms with E-state index < -0.39 is 0 Å². The van der Waals surface area contributed by atoms with Crippen LogP contribution in [0.2, 0.25) is 0 Å². The van der Waals surface area contributed by atoms with Crippen LogP contribution in [-0.2, 0) is 0 Å². The van der Waals surface area contributed by atoms with Gasteiger partial charge in [0.25, 0.3) is 0 Å². The van der Waals surface area contributed by atoms with E-state index >= 15 is 0 Å². The summed E-state index contributed by atoms with van der Waals surface area (Å²) < 4.78 is 0. The van der Waals surface area contributed by atoms with Crippen LogP contribution < -0.4 is 0 Å². The van der Waals surface area contributed by atoms with Gasteiger partial charge in [0.05, 0.1) is 46.5 Å². The minimum Gasteiger partial charge on any atom is -0.192 e. The number of hydrogen-bond donors (Lipinski definition) is 0. The van der Waals surface area contributed by atoms with Crippen LogP contribution in [0.25, 0.3) is 130 Å². The van der Waals surface area contributed by atoms with Crippen molar-refractivity contribution in [3.8, 4) is 46.5 Å². The van der Waals surface area contributed by atoms with Gasteiger partial charge in [-0.1, -0.05) is 115 Å². The summed E-state index contributed by atoms with van der Waals surface area (Å²) in [4.78, 5) is 0. The van der Waals surface area contributed by atoms with Gasteiger partial charge in [0.2, 0.25) is 0 Å². The van der Waals surface area contributed by atoms with Gasteiger partial charge in [-0.2, -0.15) is 21.0 Å². The van der Waals surface area contributed by atoms with Gasteiger partial charge in [0.15, 0.2) is 0 Å².